The van der Waals surface area contributed by atoms with Crippen molar-refractivity contribution in [2.45, 2.75) is 25.3 Å². The lowest BCUT2D eigenvalue weighted by molar-refractivity contribution is 0.582. The molecular weight excluding hydrogens is 224 g/mol. The van der Waals surface area contributed by atoms with Gasteiger partial charge in [-0.1, -0.05) is 17.7 Å². The van der Waals surface area contributed by atoms with E-state index < -0.39 is 0 Å². The summed E-state index contributed by atoms with van der Waals surface area (Å²) in [5.41, 5.74) is 0.820. The molecule has 2 aromatic heterocycles. The van der Waals surface area contributed by atoms with Crippen molar-refractivity contribution < 1.29 is 0 Å². The molecule has 1 N–H and O–H groups in total. The minimum Gasteiger partial charge on any atom is -0.314 e. The Morgan fingerprint density at radius 1 is 1.44 bits per heavy atom. The molecule has 1 aliphatic rings. The molecule has 0 aromatic carbocycles. The molecule has 1 unspecified atom stereocenters. The Hall–Kier alpha value is -1.13. The van der Waals surface area contributed by atoms with Crippen molar-refractivity contribution in [1.29, 1.82) is 0 Å². The van der Waals surface area contributed by atoms with Gasteiger partial charge in [-0.3, -0.25) is 4.40 Å². The van der Waals surface area contributed by atoms with Crippen molar-refractivity contribution in [2.75, 3.05) is 6.54 Å². The van der Waals surface area contributed by atoms with Crippen molar-refractivity contribution in [1.82, 2.24) is 19.9 Å². The van der Waals surface area contributed by atoms with Crippen LogP contribution in [-0.4, -0.2) is 27.2 Å². The summed E-state index contributed by atoms with van der Waals surface area (Å²) in [7, 11) is 0. The molecule has 0 bridgehead atoms. The molecule has 1 atom stereocenters. The van der Waals surface area contributed by atoms with Gasteiger partial charge in [-0.2, -0.15) is 0 Å². The molecule has 1 saturated heterocycles. The Morgan fingerprint density at radius 2 is 2.38 bits per heavy atom. The van der Waals surface area contributed by atoms with Gasteiger partial charge in [0.2, 0.25) is 0 Å². The molecule has 0 radical (unpaired) electrons. The Morgan fingerprint density at radius 3 is 3.19 bits per heavy atom. The first-order chi connectivity index (χ1) is 7.84. The first kappa shape index (κ1) is 10.1. The lowest BCUT2D eigenvalue weighted by Crippen LogP contribution is -2.24. The quantitative estimate of drug-likeness (QED) is 0.807. The van der Waals surface area contributed by atoms with E-state index in [9.17, 15) is 0 Å². The van der Waals surface area contributed by atoms with Crippen LogP contribution in [-0.2, 0) is 6.42 Å². The van der Waals surface area contributed by atoms with E-state index in [4.69, 9.17) is 11.6 Å². The van der Waals surface area contributed by atoms with Gasteiger partial charge < -0.3 is 5.32 Å². The number of aromatic nitrogens is 3. The van der Waals surface area contributed by atoms with Crippen LogP contribution in [0.25, 0.3) is 5.65 Å². The van der Waals surface area contributed by atoms with E-state index in [1.807, 2.05) is 22.6 Å². The van der Waals surface area contributed by atoms with Gasteiger partial charge in [0.1, 0.15) is 11.0 Å². The molecule has 2 aromatic rings. The number of nitrogens with one attached hydrogen (secondary N) is 1. The van der Waals surface area contributed by atoms with Crippen molar-refractivity contribution in [3.8, 4) is 0 Å². The fourth-order valence-corrected chi connectivity index (χ4v) is 2.50. The lowest BCUT2D eigenvalue weighted by atomic mass is 10.1. The largest absolute Gasteiger partial charge is 0.314 e. The molecule has 4 nitrogen and oxygen atoms in total. The van der Waals surface area contributed by atoms with Crippen LogP contribution in [0, 0.1) is 0 Å². The van der Waals surface area contributed by atoms with Gasteiger partial charge in [0.15, 0.2) is 5.65 Å². The van der Waals surface area contributed by atoms with E-state index in [0.29, 0.717) is 11.2 Å². The average Bonchev–Trinajstić information content (AvgIpc) is 2.90. The number of halogens is 1. The predicted octanol–water partition coefficient (Wildman–Crippen LogP) is 1.68. The smallest absolute Gasteiger partial charge is 0.161 e. The molecule has 0 saturated carbocycles. The maximum atomic E-state index is 6.15. The molecule has 0 amide bonds. The van der Waals surface area contributed by atoms with Gasteiger partial charge in [-0.25, -0.2) is 0 Å². The van der Waals surface area contributed by atoms with Gasteiger partial charge >= 0.3 is 0 Å². The van der Waals surface area contributed by atoms with E-state index >= 15 is 0 Å². The summed E-state index contributed by atoms with van der Waals surface area (Å²) in [4.78, 5) is 0. The molecular formula is C11H13ClN4. The highest BCUT2D eigenvalue weighted by Crippen LogP contribution is 2.16. The number of hydrogen-bond donors (Lipinski definition) is 1. The second kappa shape index (κ2) is 4.03. The van der Waals surface area contributed by atoms with Gasteiger partial charge in [-0.15, -0.1) is 10.2 Å². The van der Waals surface area contributed by atoms with Crippen molar-refractivity contribution in [3.05, 3.63) is 29.2 Å². The second-order valence-corrected chi connectivity index (χ2v) is 4.54. The SMILES string of the molecule is Clc1cccc2nnc(CC3CCCN3)n12. The maximum Gasteiger partial charge on any atom is 0.161 e. The van der Waals surface area contributed by atoms with Crippen LogP contribution in [0.3, 0.4) is 0 Å². The fourth-order valence-electron chi connectivity index (χ4n) is 2.24. The summed E-state index contributed by atoms with van der Waals surface area (Å²) in [6, 6.07) is 6.20. The molecule has 1 fully saturated rings. The lowest BCUT2D eigenvalue weighted by Gasteiger charge is -2.08. The molecule has 1 aliphatic heterocycles. The third-order valence-corrected chi connectivity index (χ3v) is 3.33. The third-order valence-electron chi connectivity index (χ3n) is 3.04. The van der Waals surface area contributed by atoms with Gasteiger partial charge in [0.05, 0.1) is 0 Å². The molecule has 3 heterocycles. The highest BCUT2D eigenvalue weighted by atomic mass is 35.5. The van der Waals surface area contributed by atoms with Crippen LogP contribution in [0.15, 0.2) is 18.2 Å². The summed E-state index contributed by atoms with van der Waals surface area (Å²) >= 11 is 6.15. The maximum absolute atomic E-state index is 6.15. The Labute approximate surface area is 98.6 Å². The highest BCUT2D eigenvalue weighted by Gasteiger charge is 2.18. The molecule has 84 valence electrons. The van der Waals surface area contributed by atoms with Crippen LogP contribution in [0.4, 0.5) is 0 Å². The van der Waals surface area contributed by atoms with Crippen LogP contribution in [0.5, 0.6) is 0 Å². The third kappa shape index (κ3) is 1.68. The van der Waals surface area contributed by atoms with E-state index in [0.717, 1.165) is 24.4 Å². The zero-order valence-electron chi connectivity index (χ0n) is 8.86. The summed E-state index contributed by atoms with van der Waals surface area (Å²) in [6.07, 6.45) is 3.35. The summed E-state index contributed by atoms with van der Waals surface area (Å²) in [5.74, 6) is 0.944. The van der Waals surface area contributed by atoms with Gasteiger partial charge in [-0.05, 0) is 31.5 Å². The summed E-state index contributed by atoms with van der Waals surface area (Å²) in [5, 5.41) is 12.5. The van der Waals surface area contributed by atoms with E-state index in [1.165, 1.54) is 12.8 Å². The van der Waals surface area contributed by atoms with Crippen LogP contribution < -0.4 is 5.32 Å². The van der Waals surface area contributed by atoms with E-state index in [1.54, 1.807) is 0 Å². The molecule has 3 rings (SSSR count). The second-order valence-electron chi connectivity index (χ2n) is 4.16. The number of rotatable bonds is 2. The number of fused-ring (bicyclic) bond motifs is 1. The Balaban J connectivity index is 1.97. The standard InChI is InChI=1S/C11H13ClN4/c12-9-4-1-5-10-14-15-11(16(9)10)7-8-3-2-6-13-8/h1,4-5,8,13H,2-3,6-7H2. The minimum absolute atomic E-state index is 0.517. The van der Waals surface area contributed by atoms with Crippen molar-refractivity contribution in [3.63, 3.8) is 0 Å². The molecule has 16 heavy (non-hydrogen) atoms. The van der Waals surface area contributed by atoms with E-state index in [2.05, 4.69) is 15.5 Å². The number of pyridine rings is 1. The zero-order chi connectivity index (χ0) is 11.0. The minimum atomic E-state index is 0.517. The average molecular weight is 237 g/mol. The number of nitrogens with zero attached hydrogens (tertiary/aromatic N) is 3. The predicted molar refractivity (Wildman–Crippen MR) is 62.7 cm³/mol. The van der Waals surface area contributed by atoms with E-state index in [-0.39, 0.29) is 0 Å². The normalized spacial score (nSPS) is 20.7. The van der Waals surface area contributed by atoms with Crippen molar-refractivity contribution in [2.24, 2.45) is 0 Å². The van der Waals surface area contributed by atoms with Gasteiger partial charge in [0.25, 0.3) is 0 Å². The monoisotopic (exact) mass is 236 g/mol. The molecule has 5 heteroatoms. The zero-order valence-corrected chi connectivity index (χ0v) is 9.61. The van der Waals surface area contributed by atoms with Crippen molar-refractivity contribution >= 4 is 17.2 Å². The fraction of sp³-hybridized carbons (Fsp3) is 0.455. The summed E-state index contributed by atoms with van der Waals surface area (Å²) < 4.78 is 1.92. The summed E-state index contributed by atoms with van der Waals surface area (Å²) in [6.45, 7) is 1.11. The Kier molecular flexibility index (Phi) is 2.53. The van der Waals surface area contributed by atoms with Crippen LogP contribution in [0.2, 0.25) is 5.15 Å². The molecule has 0 aliphatic carbocycles. The highest BCUT2D eigenvalue weighted by molar-refractivity contribution is 6.29. The Bertz CT molecular complexity index is 502. The van der Waals surface area contributed by atoms with Crippen LogP contribution >= 0.6 is 11.6 Å². The molecule has 0 spiro atoms. The van der Waals surface area contributed by atoms with Gasteiger partial charge in [0, 0.05) is 12.5 Å². The first-order valence-corrected chi connectivity index (χ1v) is 5.94. The number of hydrogen-bond acceptors (Lipinski definition) is 3. The first-order valence-electron chi connectivity index (χ1n) is 5.56. The topological polar surface area (TPSA) is 42.2 Å². The van der Waals surface area contributed by atoms with Crippen LogP contribution in [0.1, 0.15) is 18.7 Å².